The van der Waals surface area contributed by atoms with Crippen LogP contribution in [0.25, 0.3) is 0 Å². The zero-order valence-corrected chi connectivity index (χ0v) is 19.5. The molecule has 0 bridgehead atoms. The van der Waals surface area contributed by atoms with Gasteiger partial charge in [0, 0.05) is 57.4 Å². The number of ether oxygens (including phenoxy) is 1. The number of anilines is 1. The molecule has 4 heterocycles. The standard InChI is InChI=1S/C24H37N5O3/c1-17(2)26-23(31)20-16-29(22(30)9-8-18-7-6-14-32-18)15-19(20)21-10-11-25-24(27-21)28-12-4-3-5-13-28/h10-11,17-20H,3-9,12-16H2,1-2H3,(H,26,31)/t18?,19-,20-/m0/s1. The van der Waals surface area contributed by atoms with E-state index < -0.39 is 0 Å². The molecule has 3 atom stereocenters. The number of hydrogen-bond donors (Lipinski definition) is 1. The van der Waals surface area contributed by atoms with Crippen molar-refractivity contribution in [2.24, 2.45) is 5.92 Å². The second-order valence-corrected chi connectivity index (χ2v) is 9.68. The fourth-order valence-corrected chi connectivity index (χ4v) is 5.09. The van der Waals surface area contributed by atoms with Crippen LogP contribution in [0.5, 0.6) is 0 Å². The Kier molecular flexibility index (Phi) is 7.60. The number of nitrogens with one attached hydrogen (secondary N) is 1. The van der Waals surface area contributed by atoms with Crippen LogP contribution >= 0.6 is 0 Å². The number of nitrogens with zero attached hydrogens (tertiary/aromatic N) is 4. The molecule has 0 aromatic carbocycles. The predicted molar refractivity (Wildman–Crippen MR) is 122 cm³/mol. The van der Waals surface area contributed by atoms with Gasteiger partial charge in [-0.15, -0.1) is 0 Å². The second-order valence-electron chi connectivity index (χ2n) is 9.68. The van der Waals surface area contributed by atoms with Gasteiger partial charge in [-0.1, -0.05) is 0 Å². The SMILES string of the molecule is CC(C)NC(=O)[C@H]1CN(C(=O)CCC2CCCO2)C[C@@H]1c1ccnc(N2CCCCC2)n1. The predicted octanol–water partition coefficient (Wildman–Crippen LogP) is 2.49. The summed E-state index contributed by atoms with van der Waals surface area (Å²) in [7, 11) is 0. The Bertz CT molecular complexity index is 790. The highest BCUT2D eigenvalue weighted by Gasteiger charge is 2.41. The van der Waals surface area contributed by atoms with Gasteiger partial charge in [0.1, 0.15) is 0 Å². The van der Waals surface area contributed by atoms with Crippen LogP contribution in [0.3, 0.4) is 0 Å². The molecule has 0 spiro atoms. The number of amides is 2. The molecule has 1 unspecified atom stereocenters. The average Bonchev–Trinajstić information content (AvgIpc) is 3.48. The van der Waals surface area contributed by atoms with Gasteiger partial charge in [-0.25, -0.2) is 9.97 Å². The van der Waals surface area contributed by atoms with E-state index in [-0.39, 0.29) is 35.8 Å². The maximum Gasteiger partial charge on any atom is 0.225 e. The van der Waals surface area contributed by atoms with Gasteiger partial charge in [0.15, 0.2) is 0 Å². The number of rotatable bonds is 7. The molecular formula is C24H37N5O3. The molecule has 176 valence electrons. The van der Waals surface area contributed by atoms with Gasteiger partial charge in [-0.3, -0.25) is 9.59 Å². The van der Waals surface area contributed by atoms with E-state index in [4.69, 9.17) is 9.72 Å². The molecule has 2 amide bonds. The summed E-state index contributed by atoms with van der Waals surface area (Å²) in [5, 5.41) is 3.05. The minimum atomic E-state index is -0.298. The lowest BCUT2D eigenvalue weighted by Gasteiger charge is -2.27. The maximum atomic E-state index is 13.0. The Hall–Kier alpha value is -2.22. The highest BCUT2D eigenvalue weighted by Crippen LogP contribution is 2.33. The van der Waals surface area contributed by atoms with Crippen LogP contribution in [0.4, 0.5) is 5.95 Å². The summed E-state index contributed by atoms with van der Waals surface area (Å²) in [5.74, 6) is 0.432. The van der Waals surface area contributed by atoms with Gasteiger partial charge in [-0.05, 0) is 58.4 Å². The zero-order valence-electron chi connectivity index (χ0n) is 19.5. The molecule has 8 nitrogen and oxygen atoms in total. The Balaban J connectivity index is 1.48. The third kappa shape index (κ3) is 5.57. The summed E-state index contributed by atoms with van der Waals surface area (Å²) in [6.07, 6.45) is 8.91. The number of piperidine rings is 1. The molecule has 3 saturated heterocycles. The summed E-state index contributed by atoms with van der Waals surface area (Å²) in [4.78, 5) is 39.5. The van der Waals surface area contributed by atoms with E-state index >= 15 is 0 Å². The van der Waals surface area contributed by atoms with Crippen LogP contribution in [0.2, 0.25) is 0 Å². The van der Waals surface area contributed by atoms with E-state index in [2.05, 4.69) is 15.2 Å². The van der Waals surface area contributed by atoms with Crippen LogP contribution in [0.15, 0.2) is 12.3 Å². The fraction of sp³-hybridized carbons (Fsp3) is 0.750. The molecule has 1 N–H and O–H groups in total. The van der Waals surface area contributed by atoms with Crippen LogP contribution < -0.4 is 10.2 Å². The van der Waals surface area contributed by atoms with Gasteiger partial charge in [0.2, 0.25) is 17.8 Å². The first-order valence-electron chi connectivity index (χ1n) is 12.3. The first-order valence-corrected chi connectivity index (χ1v) is 12.3. The molecule has 8 heteroatoms. The van der Waals surface area contributed by atoms with Gasteiger partial charge in [0.05, 0.1) is 17.7 Å². The highest BCUT2D eigenvalue weighted by atomic mass is 16.5. The largest absolute Gasteiger partial charge is 0.378 e. The second kappa shape index (κ2) is 10.6. The first kappa shape index (κ1) is 23.0. The van der Waals surface area contributed by atoms with Gasteiger partial charge >= 0.3 is 0 Å². The maximum absolute atomic E-state index is 13.0. The van der Waals surface area contributed by atoms with Crippen molar-refractivity contribution in [3.8, 4) is 0 Å². The van der Waals surface area contributed by atoms with Crippen LogP contribution in [-0.4, -0.2) is 71.6 Å². The molecule has 3 fully saturated rings. The van der Waals surface area contributed by atoms with Crippen molar-refractivity contribution in [3.05, 3.63) is 18.0 Å². The third-order valence-corrected chi connectivity index (χ3v) is 6.83. The normalized spacial score (nSPS) is 26.0. The zero-order chi connectivity index (χ0) is 22.5. The van der Waals surface area contributed by atoms with Gasteiger partial charge in [0.25, 0.3) is 0 Å². The molecule has 0 radical (unpaired) electrons. The van der Waals surface area contributed by atoms with Crippen molar-refractivity contribution in [1.29, 1.82) is 0 Å². The first-order chi connectivity index (χ1) is 15.5. The molecule has 3 aliphatic heterocycles. The lowest BCUT2D eigenvalue weighted by Crippen LogP contribution is -2.39. The highest BCUT2D eigenvalue weighted by molar-refractivity contribution is 5.83. The van der Waals surface area contributed by atoms with Gasteiger partial charge in [-0.2, -0.15) is 0 Å². The lowest BCUT2D eigenvalue weighted by molar-refractivity contribution is -0.131. The van der Waals surface area contributed by atoms with E-state index in [1.54, 1.807) is 6.20 Å². The van der Waals surface area contributed by atoms with Crippen molar-refractivity contribution in [2.45, 2.75) is 76.9 Å². The van der Waals surface area contributed by atoms with Crippen molar-refractivity contribution in [1.82, 2.24) is 20.2 Å². The van der Waals surface area contributed by atoms with Crippen molar-refractivity contribution < 1.29 is 14.3 Å². The van der Waals surface area contributed by atoms with Crippen LogP contribution in [0, 0.1) is 5.92 Å². The Morgan fingerprint density at radius 2 is 2.00 bits per heavy atom. The Labute approximate surface area is 191 Å². The number of aromatic nitrogens is 2. The summed E-state index contributed by atoms with van der Waals surface area (Å²) >= 11 is 0. The molecule has 1 aromatic heterocycles. The van der Waals surface area contributed by atoms with E-state index in [0.29, 0.717) is 19.5 Å². The van der Waals surface area contributed by atoms with E-state index in [9.17, 15) is 9.59 Å². The molecule has 1 aromatic rings. The van der Waals surface area contributed by atoms with Gasteiger partial charge < -0.3 is 19.9 Å². The summed E-state index contributed by atoms with van der Waals surface area (Å²) < 4.78 is 5.67. The number of carbonyl (C=O) groups is 2. The summed E-state index contributed by atoms with van der Waals surface area (Å²) in [6, 6.07) is 1.97. The van der Waals surface area contributed by atoms with Crippen molar-refractivity contribution >= 4 is 17.8 Å². The molecule has 0 saturated carbocycles. The number of carbonyl (C=O) groups excluding carboxylic acids is 2. The van der Waals surface area contributed by atoms with E-state index in [1.807, 2.05) is 24.8 Å². The van der Waals surface area contributed by atoms with E-state index in [0.717, 1.165) is 63.4 Å². The topological polar surface area (TPSA) is 87.7 Å². The molecule has 0 aliphatic carbocycles. The number of likely N-dealkylation sites (tertiary alicyclic amines) is 1. The summed E-state index contributed by atoms with van der Waals surface area (Å²) in [6.45, 7) is 7.64. The molecule has 3 aliphatic rings. The third-order valence-electron chi connectivity index (χ3n) is 6.83. The fourth-order valence-electron chi connectivity index (χ4n) is 5.09. The lowest BCUT2D eigenvalue weighted by atomic mass is 9.91. The van der Waals surface area contributed by atoms with Crippen LogP contribution in [-0.2, 0) is 14.3 Å². The Morgan fingerprint density at radius 3 is 2.72 bits per heavy atom. The van der Waals surface area contributed by atoms with E-state index in [1.165, 1.54) is 6.42 Å². The smallest absolute Gasteiger partial charge is 0.225 e. The molecular weight excluding hydrogens is 406 g/mol. The number of hydrogen-bond acceptors (Lipinski definition) is 6. The van der Waals surface area contributed by atoms with Crippen molar-refractivity contribution in [2.75, 3.05) is 37.7 Å². The van der Waals surface area contributed by atoms with Crippen molar-refractivity contribution in [3.63, 3.8) is 0 Å². The summed E-state index contributed by atoms with van der Waals surface area (Å²) in [5.41, 5.74) is 0.860. The molecule has 32 heavy (non-hydrogen) atoms. The average molecular weight is 444 g/mol. The monoisotopic (exact) mass is 443 g/mol. The Morgan fingerprint density at radius 1 is 1.19 bits per heavy atom. The van der Waals surface area contributed by atoms with Crippen LogP contribution in [0.1, 0.15) is 70.4 Å². The minimum Gasteiger partial charge on any atom is -0.378 e. The minimum absolute atomic E-state index is 0.00226. The quantitative estimate of drug-likeness (QED) is 0.697. The molecule has 4 rings (SSSR count).